The zero-order chi connectivity index (χ0) is 18.6. The number of carbonyl (C=O) groups excluding carboxylic acids is 2. The first-order chi connectivity index (χ1) is 11.5. The van der Waals surface area contributed by atoms with Gasteiger partial charge in [0.25, 0.3) is 0 Å². The molecule has 0 bridgehead atoms. The van der Waals surface area contributed by atoms with Crippen LogP contribution in [0.15, 0.2) is 0 Å². The summed E-state index contributed by atoms with van der Waals surface area (Å²) in [6.45, 7) is 8.95. The van der Waals surface area contributed by atoms with Gasteiger partial charge in [-0.05, 0) is 34.6 Å². The number of hydrogen-bond acceptors (Lipinski definition) is 8. The minimum atomic E-state index is -0.862. The maximum absolute atomic E-state index is 12.5. The van der Waals surface area contributed by atoms with Crippen molar-refractivity contribution in [1.82, 2.24) is 4.90 Å². The standard InChI is InChI=1S/C16H25NO8/c1-15(2,3)25-14(19)17-9-11(23-13(17)18)10-8(22-12(9)20-6)7-21-16(4,5)24-10/h8-12H,7H2,1-6H3/t8-,9-,10-,11+,12-/m1/s1. The quantitative estimate of drug-likeness (QED) is 0.697. The van der Waals surface area contributed by atoms with E-state index in [1.807, 2.05) is 0 Å². The van der Waals surface area contributed by atoms with Crippen LogP contribution in [-0.2, 0) is 28.4 Å². The second kappa shape index (κ2) is 6.08. The number of ether oxygens (including phenoxy) is 6. The molecule has 0 N–H and O–H groups in total. The lowest BCUT2D eigenvalue weighted by Crippen LogP contribution is -2.66. The Morgan fingerprint density at radius 2 is 1.96 bits per heavy atom. The van der Waals surface area contributed by atoms with Crippen molar-refractivity contribution in [2.24, 2.45) is 0 Å². The lowest BCUT2D eigenvalue weighted by atomic mass is 9.95. The van der Waals surface area contributed by atoms with E-state index in [1.165, 1.54) is 7.11 Å². The number of nitrogens with zero attached hydrogens (tertiary/aromatic N) is 1. The van der Waals surface area contributed by atoms with Gasteiger partial charge < -0.3 is 28.4 Å². The summed E-state index contributed by atoms with van der Waals surface area (Å²) in [5, 5.41) is 0. The first-order valence-electron chi connectivity index (χ1n) is 8.25. The van der Waals surface area contributed by atoms with Crippen molar-refractivity contribution in [2.45, 2.75) is 76.7 Å². The van der Waals surface area contributed by atoms with Crippen LogP contribution in [0.4, 0.5) is 9.59 Å². The van der Waals surface area contributed by atoms with Crippen molar-refractivity contribution >= 4 is 12.2 Å². The molecule has 0 unspecified atom stereocenters. The Balaban J connectivity index is 1.87. The van der Waals surface area contributed by atoms with Gasteiger partial charge in [0.05, 0.1) is 6.61 Å². The number of fused-ring (bicyclic) bond motifs is 3. The summed E-state index contributed by atoms with van der Waals surface area (Å²) in [5.74, 6) is -0.846. The van der Waals surface area contributed by atoms with Crippen LogP contribution >= 0.6 is 0 Å². The lowest BCUT2D eigenvalue weighted by molar-refractivity contribution is -0.363. The van der Waals surface area contributed by atoms with Crippen molar-refractivity contribution in [1.29, 1.82) is 0 Å². The van der Waals surface area contributed by atoms with E-state index in [0.29, 0.717) is 0 Å². The Morgan fingerprint density at radius 1 is 1.28 bits per heavy atom. The average Bonchev–Trinajstić information content (AvgIpc) is 2.81. The topological polar surface area (TPSA) is 92.8 Å². The summed E-state index contributed by atoms with van der Waals surface area (Å²) in [7, 11) is 1.44. The Labute approximate surface area is 146 Å². The first kappa shape index (κ1) is 18.4. The van der Waals surface area contributed by atoms with E-state index in [0.717, 1.165) is 4.90 Å². The second-order valence-electron chi connectivity index (χ2n) is 7.76. The van der Waals surface area contributed by atoms with Crippen LogP contribution in [0.5, 0.6) is 0 Å². The number of imide groups is 1. The summed E-state index contributed by atoms with van der Waals surface area (Å²) >= 11 is 0. The highest BCUT2D eigenvalue weighted by molar-refractivity contribution is 5.90. The molecular weight excluding hydrogens is 334 g/mol. The third-order valence-electron chi connectivity index (χ3n) is 4.18. The van der Waals surface area contributed by atoms with Gasteiger partial charge in [-0.2, -0.15) is 4.90 Å². The van der Waals surface area contributed by atoms with Crippen LogP contribution in [0.1, 0.15) is 34.6 Å². The molecule has 0 saturated carbocycles. The molecule has 3 rings (SSSR count). The van der Waals surface area contributed by atoms with Gasteiger partial charge in [-0.25, -0.2) is 9.59 Å². The zero-order valence-electron chi connectivity index (χ0n) is 15.3. The summed E-state index contributed by atoms with van der Waals surface area (Å²) in [5.41, 5.74) is -0.757. The van der Waals surface area contributed by atoms with E-state index in [4.69, 9.17) is 28.4 Å². The molecule has 9 nitrogen and oxygen atoms in total. The molecule has 0 aliphatic carbocycles. The Bertz CT molecular complexity index is 557. The summed E-state index contributed by atoms with van der Waals surface area (Å²) in [4.78, 5) is 25.8. The Kier molecular flexibility index (Phi) is 4.47. The van der Waals surface area contributed by atoms with Crippen LogP contribution in [0.25, 0.3) is 0 Å². The molecule has 5 atom stereocenters. The highest BCUT2D eigenvalue weighted by atomic mass is 16.8. The first-order valence-corrected chi connectivity index (χ1v) is 8.25. The maximum atomic E-state index is 12.5. The minimum Gasteiger partial charge on any atom is -0.443 e. The SMILES string of the molecule is CO[C@@H]1O[C@@H]2COC(C)(C)O[C@H]2[C@H]2OC(=O)N(C(=O)OC(C)(C)C)[C@@H]12. The molecule has 3 fully saturated rings. The molecule has 0 aromatic carbocycles. The number of methoxy groups -OCH3 is 1. The molecular formula is C16H25NO8. The normalized spacial score (nSPS) is 37.1. The van der Waals surface area contributed by atoms with E-state index >= 15 is 0 Å². The minimum absolute atomic E-state index is 0.269. The van der Waals surface area contributed by atoms with Gasteiger partial charge in [-0.1, -0.05) is 0 Å². The smallest absolute Gasteiger partial charge is 0.420 e. The van der Waals surface area contributed by atoms with Crippen molar-refractivity contribution < 1.29 is 38.0 Å². The van der Waals surface area contributed by atoms with Gasteiger partial charge >= 0.3 is 12.2 Å². The van der Waals surface area contributed by atoms with Crippen LogP contribution < -0.4 is 0 Å². The zero-order valence-corrected chi connectivity index (χ0v) is 15.3. The van der Waals surface area contributed by atoms with E-state index in [2.05, 4.69) is 0 Å². The third-order valence-corrected chi connectivity index (χ3v) is 4.18. The van der Waals surface area contributed by atoms with E-state index in [-0.39, 0.29) is 6.61 Å². The van der Waals surface area contributed by atoms with Crippen LogP contribution in [0.3, 0.4) is 0 Å². The number of hydrogen-bond donors (Lipinski definition) is 0. The van der Waals surface area contributed by atoms with Gasteiger partial charge in [0.2, 0.25) is 0 Å². The van der Waals surface area contributed by atoms with E-state index in [1.54, 1.807) is 34.6 Å². The highest BCUT2D eigenvalue weighted by Crippen LogP contribution is 2.39. The van der Waals surface area contributed by atoms with E-state index in [9.17, 15) is 9.59 Å². The van der Waals surface area contributed by atoms with Crippen molar-refractivity contribution in [3.63, 3.8) is 0 Å². The fourth-order valence-electron chi connectivity index (χ4n) is 3.22. The summed E-state index contributed by atoms with van der Waals surface area (Å²) in [6, 6.07) is -0.803. The molecule has 3 heterocycles. The molecule has 0 spiro atoms. The highest BCUT2D eigenvalue weighted by Gasteiger charge is 2.61. The van der Waals surface area contributed by atoms with Crippen LogP contribution in [0, 0.1) is 0 Å². The number of rotatable bonds is 1. The Morgan fingerprint density at radius 3 is 2.56 bits per heavy atom. The molecule has 3 aliphatic rings. The maximum Gasteiger partial charge on any atom is 0.420 e. The van der Waals surface area contributed by atoms with Crippen molar-refractivity contribution in [3.8, 4) is 0 Å². The van der Waals surface area contributed by atoms with Gasteiger partial charge in [-0.15, -0.1) is 0 Å². The monoisotopic (exact) mass is 359 g/mol. The number of carbonyl (C=O) groups is 2. The summed E-state index contributed by atoms with van der Waals surface area (Å²) in [6.07, 6.45) is -4.24. The molecule has 0 aromatic heterocycles. The van der Waals surface area contributed by atoms with Crippen LogP contribution in [0.2, 0.25) is 0 Å². The van der Waals surface area contributed by atoms with Crippen LogP contribution in [-0.4, -0.2) is 72.8 Å². The van der Waals surface area contributed by atoms with Gasteiger partial charge in [0.1, 0.15) is 23.9 Å². The molecule has 25 heavy (non-hydrogen) atoms. The summed E-state index contributed by atoms with van der Waals surface area (Å²) < 4.78 is 33.5. The predicted molar refractivity (Wildman–Crippen MR) is 82.7 cm³/mol. The van der Waals surface area contributed by atoms with Crippen molar-refractivity contribution in [3.05, 3.63) is 0 Å². The lowest BCUT2D eigenvalue weighted by Gasteiger charge is -2.48. The van der Waals surface area contributed by atoms with Gasteiger partial charge in [0.15, 0.2) is 18.2 Å². The average molecular weight is 359 g/mol. The van der Waals surface area contributed by atoms with Gasteiger partial charge in [-0.3, -0.25) is 0 Å². The molecule has 3 saturated heterocycles. The predicted octanol–water partition coefficient (Wildman–Crippen LogP) is 1.63. The fourth-order valence-corrected chi connectivity index (χ4v) is 3.22. The van der Waals surface area contributed by atoms with Crippen molar-refractivity contribution in [2.75, 3.05) is 13.7 Å². The molecule has 2 amide bonds. The van der Waals surface area contributed by atoms with Gasteiger partial charge in [0, 0.05) is 7.11 Å². The molecule has 142 valence electrons. The largest absolute Gasteiger partial charge is 0.443 e. The van der Waals surface area contributed by atoms with E-state index < -0.39 is 54.2 Å². The molecule has 0 aromatic rings. The molecule has 3 aliphatic heterocycles. The number of amides is 2. The fraction of sp³-hybridized carbons (Fsp3) is 0.875. The Hall–Kier alpha value is -1.42. The third kappa shape index (κ3) is 3.46. The molecule has 0 radical (unpaired) electrons. The molecule has 9 heteroatoms. The second-order valence-corrected chi connectivity index (χ2v) is 7.76.